The van der Waals surface area contributed by atoms with Crippen LogP contribution in [0.25, 0.3) is 11.0 Å². The van der Waals surface area contributed by atoms with Gasteiger partial charge in [0.1, 0.15) is 0 Å². The van der Waals surface area contributed by atoms with E-state index in [0.29, 0.717) is 11.6 Å². The number of hydrogen-bond acceptors (Lipinski definition) is 3. The van der Waals surface area contributed by atoms with Gasteiger partial charge < -0.3 is 16.0 Å². The summed E-state index contributed by atoms with van der Waals surface area (Å²) in [5.41, 5.74) is 14.0. The van der Waals surface area contributed by atoms with Crippen LogP contribution in [0, 0.1) is 0 Å². The van der Waals surface area contributed by atoms with Gasteiger partial charge in [-0.15, -0.1) is 0 Å². The average molecular weight is 176 g/mol. The van der Waals surface area contributed by atoms with Gasteiger partial charge in [-0.1, -0.05) is 0 Å². The topological polar surface area (TPSA) is 69.9 Å². The van der Waals surface area contributed by atoms with E-state index in [1.165, 1.54) is 0 Å². The van der Waals surface area contributed by atoms with Crippen molar-refractivity contribution in [3.05, 3.63) is 18.2 Å². The summed E-state index contributed by atoms with van der Waals surface area (Å²) in [4.78, 5) is 4.21. The number of nitrogens with two attached hydrogens (primary N) is 2. The third kappa shape index (κ3) is 1.11. The predicted molar refractivity (Wildman–Crippen MR) is 54.2 cm³/mol. The van der Waals surface area contributed by atoms with E-state index < -0.39 is 0 Å². The van der Waals surface area contributed by atoms with E-state index in [2.05, 4.69) is 4.98 Å². The van der Waals surface area contributed by atoms with Crippen LogP contribution in [0.3, 0.4) is 0 Å². The summed E-state index contributed by atoms with van der Waals surface area (Å²) in [6.07, 6.45) is 0. The molecule has 0 aliphatic carbocycles. The quantitative estimate of drug-likeness (QED) is 0.642. The first-order valence-electron chi connectivity index (χ1n) is 4.23. The highest BCUT2D eigenvalue weighted by Crippen LogP contribution is 2.19. The van der Waals surface area contributed by atoms with Crippen molar-refractivity contribution in [2.75, 3.05) is 11.5 Å². The summed E-state index contributed by atoms with van der Waals surface area (Å²) in [5, 5.41) is 0. The Morgan fingerprint density at radius 2 is 2.15 bits per heavy atom. The fraction of sp³-hybridized carbons (Fsp3) is 0.222. The first-order chi connectivity index (χ1) is 6.22. The van der Waals surface area contributed by atoms with Crippen LogP contribution in [0.15, 0.2) is 18.2 Å². The summed E-state index contributed by atoms with van der Waals surface area (Å²) in [6, 6.07) is 5.63. The van der Waals surface area contributed by atoms with Gasteiger partial charge in [0.05, 0.1) is 11.0 Å². The minimum atomic E-state index is 0.545. The SMILES string of the molecule is CCn1c(N)nc2cc(N)ccc21. The third-order valence-electron chi connectivity index (χ3n) is 2.12. The molecule has 2 aromatic rings. The third-order valence-corrected chi connectivity index (χ3v) is 2.12. The second-order valence-electron chi connectivity index (χ2n) is 2.96. The summed E-state index contributed by atoms with van der Waals surface area (Å²) in [6.45, 7) is 2.86. The lowest BCUT2D eigenvalue weighted by Crippen LogP contribution is -2.00. The summed E-state index contributed by atoms with van der Waals surface area (Å²) < 4.78 is 1.95. The van der Waals surface area contributed by atoms with E-state index in [4.69, 9.17) is 11.5 Å². The van der Waals surface area contributed by atoms with Gasteiger partial charge in [-0.25, -0.2) is 4.98 Å². The van der Waals surface area contributed by atoms with Crippen LogP contribution in [0.4, 0.5) is 11.6 Å². The smallest absolute Gasteiger partial charge is 0.201 e. The molecule has 0 radical (unpaired) electrons. The molecule has 0 atom stereocenters. The minimum absolute atomic E-state index is 0.545. The largest absolute Gasteiger partial charge is 0.399 e. The second kappa shape index (κ2) is 2.65. The van der Waals surface area contributed by atoms with Crippen LogP contribution < -0.4 is 11.5 Å². The lowest BCUT2D eigenvalue weighted by Gasteiger charge is -2.00. The van der Waals surface area contributed by atoms with Crippen molar-refractivity contribution in [1.82, 2.24) is 9.55 Å². The standard InChI is InChI=1S/C9H12N4/c1-2-13-8-4-3-6(10)5-7(8)12-9(13)11/h3-5H,2,10H2,1H3,(H2,11,12). The molecule has 1 aromatic carbocycles. The molecule has 0 amide bonds. The number of nitrogen functional groups attached to an aromatic ring is 2. The molecule has 4 N–H and O–H groups in total. The van der Waals surface area contributed by atoms with Gasteiger partial charge in [-0.3, -0.25) is 0 Å². The maximum atomic E-state index is 5.72. The highest BCUT2D eigenvalue weighted by atomic mass is 15.1. The molecule has 0 bridgehead atoms. The van der Waals surface area contributed by atoms with Gasteiger partial charge in [0.25, 0.3) is 0 Å². The average Bonchev–Trinajstić information content (AvgIpc) is 2.39. The highest BCUT2D eigenvalue weighted by Gasteiger charge is 2.05. The van der Waals surface area contributed by atoms with Gasteiger partial charge in [-0.2, -0.15) is 0 Å². The number of hydrogen-bond donors (Lipinski definition) is 2. The zero-order valence-electron chi connectivity index (χ0n) is 7.49. The molecule has 1 aromatic heterocycles. The van der Waals surface area contributed by atoms with Crippen molar-refractivity contribution in [2.45, 2.75) is 13.5 Å². The molecule has 0 unspecified atom stereocenters. The maximum Gasteiger partial charge on any atom is 0.201 e. The van der Waals surface area contributed by atoms with Gasteiger partial charge in [0.2, 0.25) is 5.95 Å². The Labute approximate surface area is 76.2 Å². The molecule has 0 fully saturated rings. The summed E-state index contributed by atoms with van der Waals surface area (Å²) in [7, 11) is 0. The lowest BCUT2D eigenvalue weighted by atomic mass is 10.3. The Morgan fingerprint density at radius 1 is 1.38 bits per heavy atom. The Bertz CT molecular complexity index is 444. The fourth-order valence-electron chi connectivity index (χ4n) is 1.50. The molecule has 0 spiro atoms. The molecular weight excluding hydrogens is 164 g/mol. The van der Waals surface area contributed by atoms with Crippen LogP contribution >= 0.6 is 0 Å². The summed E-state index contributed by atoms with van der Waals surface area (Å²) >= 11 is 0. The molecular formula is C9H12N4. The molecule has 0 saturated carbocycles. The molecule has 4 nitrogen and oxygen atoms in total. The number of benzene rings is 1. The Morgan fingerprint density at radius 3 is 2.85 bits per heavy atom. The maximum absolute atomic E-state index is 5.72. The van der Waals surface area contributed by atoms with Gasteiger partial charge >= 0.3 is 0 Å². The molecule has 68 valence electrons. The first-order valence-corrected chi connectivity index (χ1v) is 4.23. The van der Waals surface area contributed by atoms with Crippen LogP contribution in [-0.2, 0) is 6.54 Å². The van der Waals surface area contributed by atoms with Crippen LogP contribution in [0.2, 0.25) is 0 Å². The Balaban J connectivity index is 2.79. The van der Waals surface area contributed by atoms with Crippen molar-refractivity contribution in [3.63, 3.8) is 0 Å². The molecule has 0 saturated heterocycles. The number of nitrogens with zero attached hydrogens (tertiary/aromatic N) is 2. The van der Waals surface area contributed by atoms with Crippen LogP contribution in [-0.4, -0.2) is 9.55 Å². The van der Waals surface area contributed by atoms with Crippen LogP contribution in [0.1, 0.15) is 6.92 Å². The van der Waals surface area contributed by atoms with Crippen molar-refractivity contribution >= 4 is 22.7 Å². The fourth-order valence-corrected chi connectivity index (χ4v) is 1.50. The van der Waals surface area contributed by atoms with E-state index in [-0.39, 0.29) is 0 Å². The number of anilines is 2. The van der Waals surface area contributed by atoms with E-state index in [0.717, 1.165) is 17.6 Å². The van der Waals surface area contributed by atoms with Crippen molar-refractivity contribution in [2.24, 2.45) is 0 Å². The zero-order chi connectivity index (χ0) is 9.42. The zero-order valence-corrected chi connectivity index (χ0v) is 7.49. The Kier molecular flexibility index (Phi) is 1.62. The number of aromatic nitrogens is 2. The van der Waals surface area contributed by atoms with E-state index in [1.54, 1.807) is 0 Å². The monoisotopic (exact) mass is 176 g/mol. The Hall–Kier alpha value is -1.71. The molecule has 13 heavy (non-hydrogen) atoms. The molecule has 1 heterocycles. The number of rotatable bonds is 1. The normalized spacial score (nSPS) is 10.8. The van der Waals surface area contributed by atoms with E-state index in [1.807, 2.05) is 29.7 Å². The molecule has 0 aliphatic rings. The minimum Gasteiger partial charge on any atom is -0.399 e. The number of fused-ring (bicyclic) bond motifs is 1. The predicted octanol–water partition coefficient (Wildman–Crippen LogP) is 1.22. The first kappa shape index (κ1) is 7.91. The molecule has 2 rings (SSSR count). The number of aryl methyl sites for hydroxylation is 1. The van der Waals surface area contributed by atoms with Gasteiger partial charge in [0, 0.05) is 12.2 Å². The van der Waals surface area contributed by atoms with E-state index in [9.17, 15) is 0 Å². The lowest BCUT2D eigenvalue weighted by molar-refractivity contribution is 0.800. The number of imidazole rings is 1. The molecule has 4 heteroatoms. The molecule has 0 aliphatic heterocycles. The van der Waals surface area contributed by atoms with Crippen molar-refractivity contribution in [3.8, 4) is 0 Å². The van der Waals surface area contributed by atoms with Crippen molar-refractivity contribution in [1.29, 1.82) is 0 Å². The van der Waals surface area contributed by atoms with Crippen LogP contribution in [0.5, 0.6) is 0 Å². The van der Waals surface area contributed by atoms with Crippen molar-refractivity contribution < 1.29 is 0 Å². The van der Waals surface area contributed by atoms with Gasteiger partial charge in [0.15, 0.2) is 0 Å². The van der Waals surface area contributed by atoms with E-state index >= 15 is 0 Å². The summed E-state index contributed by atoms with van der Waals surface area (Å²) in [5.74, 6) is 0.545. The van der Waals surface area contributed by atoms with Gasteiger partial charge in [-0.05, 0) is 25.1 Å². The second-order valence-corrected chi connectivity index (χ2v) is 2.96. The highest BCUT2D eigenvalue weighted by molar-refractivity contribution is 5.81.